The van der Waals surface area contributed by atoms with Gasteiger partial charge < -0.3 is 45.3 Å². The number of methoxy groups -OCH3 is 4. The average molecular weight is 1440 g/mol. The first-order valence-electron chi connectivity index (χ1n) is 32.3. The third-order valence-corrected chi connectivity index (χ3v) is 18.9. The highest BCUT2D eigenvalue weighted by Crippen LogP contribution is 2.40. The van der Waals surface area contributed by atoms with Gasteiger partial charge in [-0.25, -0.2) is 17.6 Å². The number of ketones is 3. The SMILES string of the molecule is COc1ccc(C2CC(=O)NCC2CC(=O)Cc2ccc(Cl)cc2)c(F)c1.COc1ccc(C2CC(=O)NCC2CC(=O)Cc2ccc(Cl)cc2)c(F)c1.COc1ccc(C2CC(=O)NC[C@H]2C(=O)O)c(F)c1.COc1ccc(C2CC(=O)NC[C@H]2CC(=O)Cc2ccc(Cl)cc2)c(F)c1. The number of carbonyl (C=O) groups excluding carboxylic acids is 7. The van der Waals surface area contributed by atoms with Gasteiger partial charge in [0.15, 0.2) is 0 Å². The molecule has 4 amide bonds. The molecule has 4 aliphatic rings. The molecule has 4 saturated heterocycles. The Morgan fingerprint density at radius 1 is 0.380 bits per heavy atom. The Hall–Kier alpha value is -9.31. The van der Waals surface area contributed by atoms with Crippen LogP contribution < -0.4 is 40.2 Å². The number of hydrogen-bond acceptors (Lipinski definition) is 12. The maximum absolute atomic E-state index is 14.5. The number of aliphatic carboxylic acids is 1. The van der Waals surface area contributed by atoms with E-state index < -0.39 is 41.1 Å². The standard InChI is InChI=1S/3C21H21ClFNO3.C13H14FNO4/c3*1-27-17-6-7-18(20(23)10-17)19-11-21(26)24-12-14(19)9-16(25)8-13-2-4-15(22)5-3-13;1-19-7-2-3-8(11(14)4-7)9-5-12(16)15-6-10(9)13(17)18/h3*2-7,10,14,19H,8-9,11-12H2,1H3,(H,24,26);2-4,9-10H,5-6H2,1H3,(H,15,16)(H,17,18)/t14-,19?;;;9?,10-/m1..1/s1. The van der Waals surface area contributed by atoms with E-state index in [4.69, 9.17) is 58.9 Å². The van der Waals surface area contributed by atoms with E-state index in [9.17, 15) is 55.9 Å². The topological polar surface area (TPSA) is 242 Å². The summed E-state index contributed by atoms with van der Waals surface area (Å²) in [5.41, 5.74) is 4.26. The normalized spacial score (nSPS) is 20.1. The first-order valence-corrected chi connectivity index (χ1v) is 33.5. The van der Waals surface area contributed by atoms with Crippen molar-refractivity contribution in [2.45, 2.75) is 87.9 Å². The molecule has 8 atom stereocenters. The predicted octanol–water partition coefficient (Wildman–Crippen LogP) is 12.9. The number of hydrogen-bond donors (Lipinski definition) is 5. The largest absolute Gasteiger partial charge is 0.497 e. The second-order valence-electron chi connectivity index (χ2n) is 24.9. The van der Waals surface area contributed by atoms with Crippen LogP contribution in [0.1, 0.15) is 108 Å². The molecule has 0 radical (unpaired) electrons. The van der Waals surface area contributed by atoms with E-state index in [0.29, 0.717) is 93.7 Å². The van der Waals surface area contributed by atoms with E-state index in [2.05, 4.69) is 21.3 Å². The number of carboxylic acids is 1. The molecule has 17 nitrogen and oxygen atoms in total. The van der Waals surface area contributed by atoms with Crippen molar-refractivity contribution < 1.29 is 80.0 Å². The van der Waals surface area contributed by atoms with Gasteiger partial charge in [0.2, 0.25) is 23.6 Å². The summed E-state index contributed by atoms with van der Waals surface area (Å²) in [6, 6.07) is 39.6. The van der Waals surface area contributed by atoms with Gasteiger partial charge in [0.05, 0.1) is 34.4 Å². The van der Waals surface area contributed by atoms with Gasteiger partial charge in [0.25, 0.3) is 0 Å². The smallest absolute Gasteiger partial charge is 0.308 e. The van der Waals surface area contributed by atoms with E-state index in [0.717, 1.165) is 16.7 Å². The molecule has 0 spiro atoms. The molecule has 0 aromatic heterocycles. The minimum Gasteiger partial charge on any atom is -0.497 e. The molecule has 0 saturated carbocycles. The fourth-order valence-electron chi connectivity index (χ4n) is 12.9. The van der Waals surface area contributed by atoms with Gasteiger partial charge >= 0.3 is 5.97 Å². The summed E-state index contributed by atoms with van der Waals surface area (Å²) in [7, 11) is 5.84. The van der Waals surface area contributed by atoms with Crippen molar-refractivity contribution in [1.82, 2.24) is 21.3 Å². The first-order chi connectivity index (χ1) is 47.9. The molecule has 528 valence electrons. The number of ether oxygens (including phenoxy) is 4. The third kappa shape index (κ3) is 21.8. The molecule has 4 heterocycles. The van der Waals surface area contributed by atoms with E-state index in [1.807, 2.05) is 36.4 Å². The zero-order chi connectivity index (χ0) is 72.2. The molecule has 11 rings (SSSR count). The highest BCUT2D eigenvalue weighted by molar-refractivity contribution is 6.31. The summed E-state index contributed by atoms with van der Waals surface area (Å²) in [6.45, 7) is 1.11. The fourth-order valence-corrected chi connectivity index (χ4v) is 13.3. The number of nitrogens with one attached hydrogen (secondary N) is 4. The highest BCUT2D eigenvalue weighted by Gasteiger charge is 2.39. The molecule has 4 aliphatic heterocycles. The van der Waals surface area contributed by atoms with Gasteiger partial charge in [0.1, 0.15) is 63.6 Å². The van der Waals surface area contributed by atoms with Crippen molar-refractivity contribution in [2.75, 3.05) is 54.6 Å². The summed E-state index contributed by atoms with van der Waals surface area (Å²) < 4.78 is 77.6. The minimum atomic E-state index is -1.04. The molecule has 0 bridgehead atoms. The molecular formula is C76H77Cl3F4N4O13. The molecule has 100 heavy (non-hydrogen) atoms. The Morgan fingerprint density at radius 3 is 0.860 bits per heavy atom. The Bertz CT molecular complexity index is 3720. The van der Waals surface area contributed by atoms with E-state index >= 15 is 0 Å². The van der Waals surface area contributed by atoms with Crippen LogP contribution in [0.25, 0.3) is 0 Å². The van der Waals surface area contributed by atoms with E-state index in [1.54, 1.807) is 78.9 Å². The quantitative estimate of drug-likeness (QED) is 0.0421. The van der Waals surface area contributed by atoms with Crippen LogP contribution in [0.3, 0.4) is 0 Å². The molecule has 24 heteroatoms. The summed E-state index contributed by atoms with van der Waals surface area (Å²) in [5.74, 6) is -4.62. The van der Waals surface area contributed by atoms with Crippen LogP contribution in [0.15, 0.2) is 146 Å². The predicted molar refractivity (Wildman–Crippen MR) is 369 cm³/mol. The Kier molecular flexibility index (Phi) is 28.0. The molecule has 4 fully saturated rings. The summed E-state index contributed by atoms with van der Waals surface area (Å²) in [5, 5.41) is 21.9. The number of carboxylic acid groups (broad SMARTS) is 1. The lowest BCUT2D eigenvalue weighted by Gasteiger charge is -2.32. The zero-order valence-corrected chi connectivity index (χ0v) is 57.6. The highest BCUT2D eigenvalue weighted by atomic mass is 35.5. The molecule has 7 aromatic carbocycles. The van der Waals surface area contributed by atoms with Gasteiger partial charge in [0, 0.05) is 153 Å². The van der Waals surface area contributed by atoms with Crippen molar-refractivity contribution >= 4 is 81.8 Å². The number of Topliss-reactive ketones (excluding diaryl/α,β-unsaturated/α-hetero) is 3. The summed E-state index contributed by atoms with van der Waals surface area (Å²) >= 11 is 17.6. The number of rotatable bonds is 21. The molecule has 7 aromatic rings. The third-order valence-electron chi connectivity index (χ3n) is 18.2. The van der Waals surface area contributed by atoms with Gasteiger partial charge in [-0.05, 0) is 117 Å². The Balaban J connectivity index is 0.000000171. The second-order valence-corrected chi connectivity index (χ2v) is 26.2. The zero-order valence-electron chi connectivity index (χ0n) is 55.4. The number of carbonyl (C=O) groups is 8. The lowest BCUT2D eigenvalue weighted by Crippen LogP contribution is -2.43. The minimum absolute atomic E-state index is 0.0182. The summed E-state index contributed by atoms with van der Waals surface area (Å²) in [4.78, 5) is 95.9. The molecule has 0 aliphatic carbocycles. The van der Waals surface area contributed by atoms with Crippen LogP contribution >= 0.6 is 34.8 Å². The fraction of sp³-hybridized carbons (Fsp3) is 0.342. The second kappa shape index (κ2) is 36.7. The van der Waals surface area contributed by atoms with Crippen molar-refractivity contribution in [3.63, 3.8) is 0 Å². The van der Waals surface area contributed by atoms with Crippen molar-refractivity contribution in [1.29, 1.82) is 0 Å². The van der Waals surface area contributed by atoms with E-state index in [1.165, 1.54) is 58.8 Å². The maximum atomic E-state index is 14.5. The van der Waals surface area contributed by atoms with Crippen LogP contribution in [-0.2, 0) is 57.6 Å². The number of halogens is 7. The molecular weight excluding hydrogens is 1360 g/mol. The average Bonchev–Trinajstić information content (AvgIpc) is 0.826. The van der Waals surface area contributed by atoms with Crippen molar-refractivity contribution in [3.05, 3.63) is 223 Å². The van der Waals surface area contributed by atoms with Crippen molar-refractivity contribution in [2.24, 2.45) is 23.7 Å². The van der Waals surface area contributed by atoms with Gasteiger partial charge in [-0.1, -0.05) is 95.5 Å². The first kappa shape index (κ1) is 76.4. The lowest BCUT2D eigenvalue weighted by atomic mass is 9.77. The number of benzene rings is 7. The monoisotopic (exact) mass is 1430 g/mol. The number of amides is 4. The van der Waals surface area contributed by atoms with Crippen LogP contribution in [0, 0.1) is 46.9 Å². The lowest BCUT2D eigenvalue weighted by molar-refractivity contribution is -0.144. The van der Waals surface area contributed by atoms with Crippen LogP contribution in [-0.4, -0.2) is 107 Å². The van der Waals surface area contributed by atoms with Gasteiger partial charge in [-0.2, -0.15) is 0 Å². The van der Waals surface area contributed by atoms with Crippen LogP contribution in [0.5, 0.6) is 23.0 Å². The molecule has 5 N–H and O–H groups in total. The number of piperidine rings is 4. The van der Waals surface area contributed by atoms with Crippen LogP contribution in [0.4, 0.5) is 17.6 Å². The van der Waals surface area contributed by atoms with Gasteiger partial charge in [-0.15, -0.1) is 0 Å². The van der Waals surface area contributed by atoms with Crippen molar-refractivity contribution in [3.8, 4) is 23.0 Å². The maximum Gasteiger partial charge on any atom is 0.308 e. The van der Waals surface area contributed by atoms with E-state index in [-0.39, 0.29) is 134 Å². The summed E-state index contributed by atoms with van der Waals surface area (Å²) in [6.07, 6.45) is 2.18. The molecule has 6 unspecified atom stereocenters. The Labute approximate surface area is 591 Å². The van der Waals surface area contributed by atoms with Gasteiger partial charge in [-0.3, -0.25) is 38.4 Å². The Morgan fingerprint density at radius 2 is 0.620 bits per heavy atom. The van der Waals surface area contributed by atoms with Crippen LogP contribution in [0.2, 0.25) is 15.1 Å².